The summed E-state index contributed by atoms with van der Waals surface area (Å²) in [4.78, 5) is 14.3. The summed E-state index contributed by atoms with van der Waals surface area (Å²) in [6.45, 7) is 0. The summed E-state index contributed by atoms with van der Waals surface area (Å²) in [6.07, 6.45) is 3.46. The molecule has 0 radical (unpaired) electrons. The first-order chi connectivity index (χ1) is 4.23. The van der Waals surface area contributed by atoms with Crippen molar-refractivity contribution in [2.75, 3.05) is 0 Å². The van der Waals surface area contributed by atoms with Gasteiger partial charge in [-0.25, -0.2) is 0 Å². The van der Waals surface area contributed by atoms with E-state index in [0.717, 1.165) is 0 Å². The Bertz CT molecular complexity index is 131. The molecule has 0 atom stereocenters. The van der Waals surface area contributed by atoms with Crippen LogP contribution in [-0.4, -0.2) is 20.0 Å². The molecule has 1 aromatic rings. The van der Waals surface area contributed by atoms with Crippen molar-refractivity contribution in [2.24, 2.45) is 0 Å². The number of rotatable bonds is 0. The Morgan fingerprint density at radius 3 is 2.22 bits per heavy atom. The molecule has 1 rings (SSSR count). The third kappa shape index (κ3) is 11.1. The van der Waals surface area contributed by atoms with E-state index in [0.29, 0.717) is 0 Å². The maximum Gasteiger partial charge on any atom is 0.314 e. The zero-order valence-corrected chi connectivity index (χ0v) is 5.48. The van der Waals surface area contributed by atoms with Gasteiger partial charge in [0.15, 0.2) is 0 Å². The van der Waals surface area contributed by atoms with E-state index < -0.39 is 8.25 Å². The maximum absolute atomic E-state index is 8.74. The topological polar surface area (TPSA) is 86.2 Å². The summed E-state index contributed by atoms with van der Waals surface area (Å²) >= 11 is 0. The number of nitrogens with zero attached hydrogens (tertiary/aromatic N) is 1. The minimum Gasteiger partial charge on any atom is -0.326 e. The fraction of sp³-hybridized carbons (Fsp3) is 0. The van der Waals surface area contributed by atoms with Crippen LogP contribution in [0.5, 0.6) is 0 Å². The van der Waals surface area contributed by atoms with E-state index in [-0.39, 0.29) is 0 Å². The van der Waals surface area contributed by atoms with Crippen LogP contribution in [0.2, 0.25) is 0 Å². The van der Waals surface area contributed by atoms with E-state index in [2.05, 4.69) is 10.2 Å². The van der Waals surface area contributed by atoms with Gasteiger partial charge in [-0.2, -0.15) is 5.10 Å². The Morgan fingerprint density at radius 1 is 1.56 bits per heavy atom. The third-order valence-corrected chi connectivity index (χ3v) is 0.406. The fourth-order valence-corrected chi connectivity index (χ4v) is 0.215. The second kappa shape index (κ2) is 5.50. The highest BCUT2D eigenvalue weighted by atomic mass is 31.1. The molecular weight excluding hydrogens is 143 g/mol. The molecule has 0 amide bonds. The zero-order valence-electron chi connectivity index (χ0n) is 4.48. The highest BCUT2D eigenvalue weighted by molar-refractivity contribution is 7.30. The van der Waals surface area contributed by atoms with Crippen LogP contribution in [0.4, 0.5) is 0 Å². The molecule has 0 unspecified atom stereocenters. The van der Waals surface area contributed by atoms with E-state index in [9.17, 15) is 0 Å². The summed E-state index contributed by atoms with van der Waals surface area (Å²) in [7, 11) is -3.13. The highest BCUT2D eigenvalue weighted by Crippen LogP contribution is 1.98. The van der Waals surface area contributed by atoms with Gasteiger partial charge in [-0.3, -0.25) is 9.66 Å². The van der Waals surface area contributed by atoms with Crippen molar-refractivity contribution in [2.45, 2.75) is 0 Å². The standard InChI is InChI=1S/C3H4N2.H3O3P/c1-2-4-5-3-1;1-4(2)3/h1-3H,(H,4,5);4H,(H2,1,2,3). The van der Waals surface area contributed by atoms with Crippen LogP contribution in [0.3, 0.4) is 0 Å². The summed E-state index contributed by atoms with van der Waals surface area (Å²) in [5.74, 6) is 0. The first kappa shape index (κ1) is 8.36. The molecule has 5 nitrogen and oxygen atoms in total. The maximum atomic E-state index is 8.74. The van der Waals surface area contributed by atoms with Crippen LogP contribution >= 0.6 is 8.25 Å². The number of aromatic nitrogens is 2. The van der Waals surface area contributed by atoms with E-state index in [1.54, 1.807) is 12.4 Å². The molecule has 0 saturated heterocycles. The van der Waals surface area contributed by atoms with E-state index in [1.165, 1.54) is 0 Å². The summed E-state index contributed by atoms with van der Waals surface area (Å²) < 4.78 is 8.74. The first-order valence-corrected chi connectivity index (χ1v) is 3.39. The number of nitrogens with one attached hydrogen (secondary N) is 1. The van der Waals surface area contributed by atoms with Crippen molar-refractivity contribution < 1.29 is 14.4 Å². The molecule has 1 aromatic heterocycles. The predicted molar refractivity (Wildman–Crippen MR) is 32.0 cm³/mol. The Balaban J connectivity index is 0.000000148. The Labute approximate surface area is 52.3 Å². The lowest BCUT2D eigenvalue weighted by Crippen LogP contribution is -1.53. The van der Waals surface area contributed by atoms with Gasteiger partial charge in [-0.15, -0.1) is 0 Å². The van der Waals surface area contributed by atoms with Crippen molar-refractivity contribution >= 4 is 8.25 Å². The monoisotopic (exact) mass is 150 g/mol. The van der Waals surface area contributed by atoms with Crippen molar-refractivity contribution in [3.8, 4) is 0 Å². The van der Waals surface area contributed by atoms with Crippen LogP contribution in [-0.2, 0) is 4.57 Å². The molecule has 0 saturated carbocycles. The van der Waals surface area contributed by atoms with Gasteiger partial charge in [0.1, 0.15) is 0 Å². The smallest absolute Gasteiger partial charge is 0.314 e. The third-order valence-electron chi connectivity index (χ3n) is 0.406. The SMILES string of the molecule is O=[PH](O)O.c1cn[nH]c1. The summed E-state index contributed by atoms with van der Waals surface area (Å²) in [6, 6.07) is 1.83. The fourth-order valence-electron chi connectivity index (χ4n) is 0.215. The number of H-pyrrole nitrogens is 1. The molecule has 6 heteroatoms. The Morgan fingerprint density at radius 2 is 2.11 bits per heavy atom. The van der Waals surface area contributed by atoms with Gasteiger partial charge >= 0.3 is 8.25 Å². The lowest BCUT2D eigenvalue weighted by atomic mass is 10.8. The van der Waals surface area contributed by atoms with E-state index >= 15 is 0 Å². The normalized spacial score (nSPS) is 8.33. The first-order valence-electron chi connectivity index (χ1n) is 2.09. The van der Waals surface area contributed by atoms with Crippen molar-refractivity contribution in [1.29, 1.82) is 0 Å². The van der Waals surface area contributed by atoms with Gasteiger partial charge < -0.3 is 9.79 Å². The second-order valence-corrected chi connectivity index (χ2v) is 1.61. The van der Waals surface area contributed by atoms with Crippen LogP contribution in [0.1, 0.15) is 0 Å². The van der Waals surface area contributed by atoms with Gasteiger partial charge in [0.25, 0.3) is 0 Å². The van der Waals surface area contributed by atoms with E-state index in [4.69, 9.17) is 14.4 Å². The Hall–Kier alpha value is -0.640. The minimum absolute atomic E-state index is 1.69. The van der Waals surface area contributed by atoms with Crippen LogP contribution in [0.25, 0.3) is 0 Å². The number of hydrogen-bond acceptors (Lipinski definition) is 2. The van der Waals surface area contributed by atoms with Crippen LogP contribution in [0.15, 0.2) is 18.5 Å². The quantitative estimate of drug-likeness (QED) is 0.446. The van der Waals surface area contributed by atoms with Crippen molar-refractivity contribution in [3.05, 3.63) is 18.5 Å². The molecule has 1 heterocycles. The lowest BCUT2D eigenvalue weighted by Gasteiger charge is -1.61. The second-order valence-electron chi connectivity index (χ2n) is 1.05. The lowest BCUT2D eigenvalue weighted by molar-refractivity contribution is 0.405. The van der Waals surface area contributed by atoms with Gasteiger partial charge in [0.2, 0.25) is 0 Å². The molecule has 9 heavy (non-hydrogen) atoms. The molecular formula is C3H7N2O3P. The van der Waals surface area contributed by atoms with Crippen LogP contribution < -0.4 is 0 Å². The largest absolute Gasteiger partial charge is 0.326 e. The molecule has 0 spiro atoms. The number of aromatic amines is 1. The minimum atomic E-state index is -3.13. The van der Waals surface area contributed by atoms with Crippen LogP contribution in [0, 0.1) is 0 Å². The molecule has 0 aliphatic rings. The number of hydrogen-bond donors (Lipinski definition) is 3. The molecule has 0 bridgehead atoms. The average Bonchev–Trinajstić information content (AvgIpc) is 2.11. The molecule has 52 valence electrons. The van der Waals surface area contributed by atoms with Gasteiger partial charge in [-0.1, -0.05) is 0 Å². The highest BCUT2D eigenvalue weighted by Gasteiger charge is 1.61. The molecule has 0 aliphatic heterocycles. The van der Waals surface area contributed by atoms with E-state index in [1.807, 2.05) is 6.07 Å². The summed E-state index contributed by atoms with van der Waals surface area (Å²) in [5, 5.41) is 6.21. The molecule has 0 aliphatic carbocycles. The van der Waals surface area contributed by atoms with Gasteiger partial charge in [0, 0.05) is 12.4 Å². The van der Waals surface area contributed by atoms with Gasteiger partial charge in [0.05, 0.1) is 0 Å². The summed E-state index contributed by atoms with van der Waals surface area (Å²) in [5.41, 5.74) is 0. The predicted octanol–water partition coefficient (Wildman–Crippen LogP) is -0.230. The van der Waals surface area contributed by atoms with Crippen molar-refractivity contribution in [1.82, 2.24) is 10.2 Å². The van der Waals surface area contributed by atoms with Gasteiger partial charge in [-0.05, 0) is 6.07 Å². The molecule has 0 aromatic carbocycles. The van der Waals surface area contributed by atoms with Crippen molar-refractivity contribution in [3.63, 3.8) is 0 Å². The molecule has 0 fully saturated rings. The molecule has 3 N–H and O–H groups in total. The average molecular weight is 150 g/mol. The Kier molecular flexibility index (Phi) is 5.11. The zero-order chi connectivity index (χ0) is 7.11.